The van der Waals surface area contributed by atoms with Crippen molar-refractivity contribution in [3.05, 3.63) is 24.2 Å². The van der Waals surface area contributed by atoms with Gasteiger partial charge in [-0.1, -0.05) is 25.7 Å². The number of hydrogen-bond acceptors (Lipinski definition) is 3. The van der Waals surface area contributed by atoms with Crippen LogP contribution in [-0.4, -0.2) is 18.0 Å². The SMILES string of the molecule is O=C(NC(=O)c1ccco1)NC1CCCCCC1. The Bertz CT molecular complexity index is 392. The van der Waals surface area contributed by atoms with Crippen molar-refractivity contribution in [3.8, 4) is 0 Å². The molecule has 5 nitrogen and oxygen atoms in total. The molecule has 2 N–H and O–H groups in total. The van der Waals surface area contributed by atoms with Crippen LogP contribution in [0, 0.1) is 0 Å². The van der Waals surface area contributed by atoms with E-state index < -0.39 is 11.9 Å². The molecule has 5 heteroatoms. The van der Waals surface area contributed by atoms with E-state index in [4.69, 9.17) is 4.42 Å². The van der Waals surface area contributed by atoms with Crippen LogP contribution >= 0.6 is 0 Å². The molecule has 0 bridgehead atoms. The number of furan rings is 1. The molecule has 1 saturated carbocycles. The zero-order chi connectivity index (χ0) is 12.8. The van der Waals surface area contributed by atoms with Crippen LogP contribution in [0.15, 0.2) is 22.8 Å². The molecule has 1 fully saturated rings. The van der Waals surface area contributed by atoms with E-state index in [1.807, 2.05) is 0 Å². The first kappa shape index (κ1) is 12.7. The standard InChI is InChI=1S/C13H18N2O3/c16-12(11-8-5-9-18-11)15-13(17)14-10-6-3-1-2-4-7-10/h5,8-10H,1-4,6-7H2,(H2,14,15,16,17). The summed E-state index contributed by atoms with van der Waals surface area (Å²) in [5, 5.41) is 5.11. The number of imide groups is 1. The summed E-state index contributed by atoms with van der Waals surface area (Å²) in [5.74, 6) is -0.364. The molecule has 0 atom stereocenters. The first-order valence-corrected chi connectivity index (χ1v) is 6.41. The molecule has 2 rings (SSSR count). The third kappa shape index (κ3) is 3.61. The number of nitrogens with one attached hydrogen (secondary N) is 2. The lowest BCUT2D eigenvalue weighted by Crippen LogP contribution is -2.44. The van der Waals surface area contributed by atoms with Crippen molar-refractivity contribution in [2.45, 2.75) is 44.6 Å². The fraction of sp³-hybridized carbons (Fsp3) is 0.538. The van der Waals surface area contributed by atoms with Crippen molar-refractivity contribution < 1.29 is 14.0 Å². The first-order chi connectivity index (χ1) is 8.75. The minimum absolute atomic E-state index is 0.144. The van der Waals surface area contributed by atoms with Gasteiger partial charge in [-0.05, 0) is 25.0 Å². The van der Waals surface area contributed by atoms with Crippen LogP contribution in [0.1, 0.15) is 49.1 Å². The molecule has 3 amide bonds. The van der Waals surface area contributed by atoms with E-state index in [9.17, 15) is 9.59 Å². The maximum Gasteiger partial charge on any atom is 0.322 e. The zero-order valence-electron chi connectivity index (χ0n) is 10.3. The molecule has 1 aromatic rings. The predicted octanol–water partition coefficient (Wildman–Crippen LogP) is 2.44. The topological polar surface area (TPSA) is 71.3 Å². The average Bonchev–Trinajstić information content (AvgIpc) is 2.76. The monoisotopic (exact) mass is 250 g/mol. The molecule has 1 aliphatic rings. The van der Waals surface area contributed by atoms with Gasteiger partial charge < -0.3 is 9.73 Å². The van der Waals surface area contributed by atoms with Crippen molar-refractivity contribution in [2.75, 3.05) is 0 Å². The smallest absolute Gasteiger partial charge is 0.322 e. The number of carbonyl (C=O) groups is 2. The van der Waals surface area contributed by atoms with Crippen LogP contribution in [0.2, 0.25) is 0 Å². The second-order valence-corrected chi connectivity index (χ2v) is 4.59. The minimum atomic E-state index is -0.508. The summed E-state index contributed by atoms with van der Waals surface area (Å²) in [6.07, 6.45) is 8.10. The molecule has 0 aromatic carbocycles. The minimum Gasteiger partial charge on any atom is -0.459 e. The van der Waals surface area contributed by atoms with Gasteiger partial charge in [-0.3, -0.25) is 10.1 Å². The normalized spacial score (nSPS) is 16.9. The Morgan fingerprint density at radius 3 is 2.50 bits per heavy atom. The molecular formula is C13H18N2O3. The molecule has 1 aromatic heterocycles. The van der Waals surface area contributed by atoms with E-state index in [-0.39, 0.29) is 11.8 Å². The van der Waals surface area contributed by atoms with Crippen LogP contribution in [0.4, 0.5) is 4.79 Å². The van der Waals surface area contributed by atoms with Crippen molar-refractivity contribution >= 4 is 11.9 Å². The summed E-state index contributed by atoms with van der Waals surface area (Å²) >= 11 is 0. The Morgan fingerprint density at radius 1 is 1.17 bits per heavy atom. The van der Waals surface area contributed by atoms with E-state index in [1.54, 1.807) is 6.07 Å². The van der Waals surface area contributed by atoms with Crippen molar-refractivity contribution in [3.63, 3.8) is 0 Å². The quantitative estimate of drug-likeness (QED) is 0.792. The fourth-order valence-electron chi connectivity index (χ4n) is 2.22. The molecule has 98 valence electrons. The summed E-state index contributed by atoms with van der Waals surface area (Å²) in [7, 11) is 0. The molecule has 18 heavy (non-hydrogen) atoms. The fourth-order valence-corrected chi connectivity index (χ4v) is 2.22. The van der Waals surface area contributed by atoms with Crippen LogP contribution in [0.3, 0.4) is 0 Å². The maximum atomic E-state index is 11.6. The second-order valence-electron chi connectivity index (χ2n) is 4.59. The molecule has 0 unspecified atom stereocenters. The zero-order valence-corrected chi connectivity index (χ0v) is 10.3. The molecule has 0 aliphatic heterocycles. The molecule has 0 saturated heterocycles. The van der Waals surface area contributed by atoms with E-state index >= 15 is 0 Å². The summed E-state index contributed by atoms with van der Waals surface area (Å²) in [6, 6.07) is 2.87. The van der Waals surface area contributed by atoms with Gasteiger partial charge in [0.05, 0.1) is 6.26 Å². The summed E-state index contributed by atoms with van der Waals surface area (Å²) in [6.45, 7) is 0. The number of rotatable bonds is 2. The van der Waals surface area contributed by atoms with Gasteiger partial charge in [-0.25, -0.2) is 4.79 Å². The Hall–Kier alpha value is -1.78. The van der Waals surface area contributed by atoms with Gasteiger partial charge in [0.25, 0.3) is 5.91 Å². The number of amides is 3. The largest absolute Gasteiger partial charge is 0.459 e. The number of carbonyl (C=O) groups excluding carboxylic acids is 2. The van der Waals surface area contributed by atoms with Crippen molar-refractivity contribution in [1.29, 1.82) is 0 Å². The van der Waals surface area contributed by atoms with Crippen molar-refractivity contribution in [1.82, 2.24) is 10.6 Å². The number of hydrogen-bond donors (Lipinski definition) is 2. The van der Waals surface area contributed by atoms with Gasteiger partial charge >= 0.3 is 6.03 Å². The Balaban J connectivity index is 1.79. The summed E-state index contributed by atoms with van der Waals surface area (Å²) in [5.41, 5.74) is 0. The van der Waals surface area contributed by atoms with Crippen LogP contribution in [0.25, 0.3) is 0 Å². The van der Waals surface area contributed by atoms with Gasteiger partial charge in [0.1, 0.15) is 0 Å². The third-order valence-electron chi connectivity index (χ3n) is 3.16. The first-order valence-electron chi connectivity index (χ1n) is 6.41. The second kappa shape index (κ2) is 6.23. The Labute approximate surface area is 106 Å². The Kier molecular flexibility index (Phi) is 4.39. The van der Waals surface area contributed by atoms with E-state index in [1.165, 1.54) is 25.2 Å². The highest BCUT2D eigenvalue weighted by molar-refractivity contribution is 6.02. The Morgan fingerprint density at radius 2 is 1.89 bits per heavy atom. The van der Waals surface area contributed by atoms with Crippen LogP contribution in [0.5, 0.6) is 0 Å². The number of urea groups is 1. The molecular weight excluding hydrogens is 232 g/mol. The van der Waals surface area contributed by atoms with Crippen LogP contribution < -0.4 is 10.6 Å². The van der Waals surface area contributed by atoms with Gasteiger partial charge in [-0.15, -0.1) is 0 Å². The van der Waals surface area contributed by atoms with Gasteiger partial charge in [0, 0.05) is 6.04 Å². The van der Waals surface area contributed by atoms with Gasteiger partial charge in [0.15, 0.2) is 5.76 Å². The molecule has 1 aliphatic carbocycles. The predicted molar refractivity (Wildman–Crippen MR) is 66.2 cm³/mol. The lowest BCUT2D eigenvalue weighted by atomic mass is 10.1. The molecule has 0 radical (unpaired) electrons. The van der Waals surface area contributed by atoms with Crippen molar-refractivity contribution in [2.24, 2.45) is 0 Å². The van der Waals surface area contributed by atoms with E-state index in [0.29, 0.717) is 0 Å². The highest BCUT2D eigenvalue weighted by atomic mass is 16.3. The summed E-state index contributed by atoms with van der Waals surface area (Å²) < 4.78 is 4.91. The maximum absolute atomic E-state index is 11.6. The summed E-state index contributed by atoms with van der Waals surface area (Å²) in [4.78, 5) is 23.2. The van der Waals surface area contributed by atoms with E-state index in [0.717, 1.165) is 25.7 Å². The molecule has 1 heterocycles. The third-order valence-corrected chi connectivity index (χ3v) is 3.16. The van der Waals surface area contributed by atoms with Gasteiger partial charge in [-0.2, -0.15) is 0 Å². The van der Waals surface area contributed by atoms with Gasteiger partial charge in [0.2, 0.25) is 0 Å². The van der Waals surface area contributed by atoms with Crippen LogP contribution in [-0.2, 0) is 0 Å². The highest BCUT2D eigenvalue weighted by Crippen LogP contribution is 2.16. The molecule has 0 spiro atoms. The lowest BCUT2D eigenvalue weighted by Gasteiger charge is -2.15. The highest BCUT2D eigenvalue weighted by Gasteiger charge is 2.17. The lowest BCUT2D eigenvalue weighted by molar-refractivity contribution is 0.0936. The van der Waals surface area contributed by atoms with E-state index in [2.05, 4.69) is 10.6 Å². The average molecular weight is 250 g/mol.